The molecule has 2 rings (SSSR count). The minimum Gasteiger partial charge on any atom is -0.477 e. The molecule has 118 valence electrons. The lowest BCUT2D eigenvalue weighted by Gasteiger charge is -2.18. The van der Waals surface area contributed by atoms with Gasteiger partial charge < -0.3 is 15.3 Å². The Hall–Kier alpha value is -0.980. The molecule has 0 aromatic carbocycles. The largest absolute Gasteiger partial charge is 0.477 e. The Bertz CT molecular complexity index is 465. The van der Waals surface area contributed by atoms with Crippen LogP contribution in [0.1, 0.15) is 40.6 Å². The van der Waals surface area contributed by atoms with Crippen molar-refractivity contribution in [3.63, 3.8) is 0 Å². The first-order valence-electron chi connectivity index (χ1n) is 7.71. The standard InChI is InChI=1S/C15H25N3O2S/c1-11(2)10-12-14(15(19)20)21-13(17-12)4-8-18-7-3-5-16-6-9-18/h11,16H,3-10H2,1-2H3,(H,19,20). The summed E-state index contributed by atoms with van der Waals surface area (Å²) in [5.41, 5.74) is 0.759. The van der Waals surface area contributed by atoms with Crippen LogP contribution < -0.4 is 5.32 Å². The third-order valence-electron chi connectivity index (χ3n) is 3.61. The fourth-order valence-electron chi connectivity index (χ4n) is 2.58. The van der Waals surface area contributed by atoms with Crippen molar-refractivity contribution in [2.45, 2.75) is 33.1 Å². The van der Waals surface area contributed by atoms with Gasteiger partial charge >= 0.3 is 5.97 Å². The fourth-order valence-corrected chi connectivity index (χ4v) is 3.50. The molecular weight excluding hydrogens is 286 g/mol. The molecule has 0 saturated carbocycles. The van der Waals surface area contributed by atoms with Crippen molar-refractivity contribution in [2.75, 3.05) is 32.7 Å². The van der Waals surface area contributed by atoms with E-state index < -0.39 is 5.97 Å². The molecule has 1 fully saturated rings. The lowest BCUT2D eigenvalue weighted by molar-refractivity contribution is 0.0700. The van der Waals surface area contributed by atoms with Crippen LogP contribution in [0.15, 0.2) is 0 Å². The summed E-state index contributed by atoms with van der Waals surface area (Å²) < 4.78 is 0. The van der Waals surface area contributed by atoms with E-state index in [2.05, 4.69) is 29.0 Å². The van der Waals surface area contributed by atoms with E-state index in [9.17, 15) is 9.90 Å². The van der Waals surface area contributed by atoms with E-state index in [0.29, 0.717) is 10.8 Å². The molecule has 1 aromatic rings. The molecule has 1 aromatic heterocycles. The zero-order chi connectivity index (χ0) is 15.2. The number of aromatic carboxylic acids is 1. The molecule has 5 nitrogen and oxygen atoms in total. The van der Waals surface area contributed by atoms with Crippen molar-refractivity contribution in [3.05, 3.63) is 15.6 Å². The van der Waals surface area contributed by atoms with Gasteiger partial charge in [-0.15, -0.1) is 11.3 Å². The molecule has 0 aliphatic carbocycles. The molecule has 0 unspecified atom stereocenters. The van der Waals surface area contributed by atoms with Crippen LogP contribution in [0, 0.1) is 5.92 Å². The normalized spacial score (nSPS) is 17.1. The number of carboxylic acid groups (broad SMARTS) is 1. The molecule has 6 heteroatoms. The van der Waals surface area contributed by atoms with Crippen LogP contribution in [-0.4, -0.2) is 53.7 Å². The van der Waals surface area contributed by atoms with Crippen molar-refractivity contribution < 1.29 is 9.90 Å². The average Bonchev–Trinajstić information content (AvgIpc) is 2.64. The first-order valence-corrected chi connectivity index (χ1v) is 8.53. The summed E-state index contributed by atoms with van der Waals surface area (Å²) in [5.74, 6) is -0.414. The minimum atomic E-state index is -0.839. The molecule has 2 N–H and O–H groups in total. The smallest absolute Gasteiger partial charge is 0.347 e. The predicted molar refractivity (Wildman–Crippen MR) is 85.2 cm³/mol. The Kier molecular flexibility index (Phi) is 6.14. The first kappa shape index (κ1) is 16.4. The molecular formula is C15H25N3O2S. The van der Waals surface area contributed by atoms with Crippen molar-refractivity contribution in [1.29, 1.82) is 0 Å². The number of nitrogens with one attached hydrogen (secondary N) is 1. The van der Waals surface area contributed by atoms with Crippen LogP contribution in [0.2, 0.25) is 0 Å². The zero-order valence-electron chi connectivity index (χ0n) is 12.9. The topological polar surface area (TPSA) is 65.5 Å². The summed E-state index contributed by atoms with van der Waals surface area (Å²) in [6.45, 7) is 9.46. The Morgan fingerprint density at radius 3 is 2.95 bits per heavy atom. The maximum atomic E-state index is 11.3. The number of rotatable bonds is 6. The monoisotopic (exact) mass is 311 g/mol. The number of thiazole rings is 1. The summed E-state index contributed by atoms with van der Waals surface area (Å²) in [4.78, 5) is 18.8. The Morgan fingerprint density at radius 2 is 2.24 bits per heavy atom. The van der Waals surface area contributed by atoms with Gasteiger partial charge in [-0.3, -0.25) is 0 Å². The summed E-state index contributed by atoms with van der Waals surface area (Å²) in [5, 5.41) is 13.6. The van der Waals surface area contributed by atoms with Gasteiger partial charge in [-0.05, 0) is 31.8 Å². The highest BCUT2D eigenvalue weighted by Crippen LogP contribution is 2.22. The maximum absolute atomic E-state index is 11.3. The van der Waals surface area contributed by atoms with Crippen LogP contribution >= 0.6 is 11.3 Å². The number of carboxylic acids is 1. The number of carbonyl (C=O) groups is 1. The Balaban J connectivity index is 1.97. The molecule has 0 atom stereocenters. The van der Waals surface area contributed by atoms with Crippen molar-refractivity contribution in [2.24, 2.45) is 5.92 Å². The highest BCUT2D eigenvalue weighted by molar-refractivity contribution is 7.13. The van der Waals surface area contributed by atoms with Gasteiger partial charge in [-0.25, -0.2) is 9.78 Å². The van der Waals surface area contributed by atoms with Crippen LogP contribution in [0.3, 0.4) is 0 Å². The van der Waals surface area contributed by atoms with Crippen LogP contribution in [0.25, 0.3) is 0 Å². The Morgan fingerprint density at radius 1 is 1.43 bits per heavy atom. The fraction of sp³-hybridized carbons (Fsp3) is 0.733. The second kappa shape index (κ2) is 7.87. The molecule has 1 aliphatic heterocycles. The number of aromatic nitrogens is 1. The minimum absolute atomic E-state index is 0.426. The summed E-state index contributed by atoms with van der Waals surface area (Å²) >= 11 is 1.35. The van der Waals surface area contributed by atoms with Gasteiger partial charge in [-0.2, -0.15) is 0 Å². The molecule has 0 amide bonds. The van der Waals surface area contributed by atoms with Crippen molar-refractivity contribution in [1.82, 2.24) is 15.2 Å². The molecule has 1 aliphatic rings. The molecule has 0 bridgehead atoms. The quantitative estimate of drug-likeness (QED) is 0.840. The molecule has 0 radical (unpaired) electrons. The Labute approximate surface area is 130 Å². The molecule has 21 heavy (non-hydrogen) atoms. The van der Waals surface area contributed by atoms with E-state index in [1.165, 1.54) is 17.8 Å². The highest BCUT2D eigenvalue weighted by atomic mass is 32.1. The van der Waals surface area contributed by atoms with Crippen molar-refractivity contribution in [3.8, 4) is 0 Å². The van der Waals surface area contributed by atoms with Gasteiger partial charge in [0.05, 0.1) is 10.7 Å². The van der Waals surface area contributed by atoms with Gasteiger partial charge in [-0.1, -0.05) is 13.8 Å². The summed E-state index contributed by atoms with van der Waals surface area (Å²) in [7, 11) is 0. The van der Waals surface area contributed by atoms with Crippen LogP contribution in [-0.2, 0) is 12.8 Å². The highest BCUT2D eigenvalue weighted by Gasteiger charge is 2.18. The molecule has 1 saturated heterocycles. The van der Waals surface area contributed by atoms with E-state index in [4.69, 9.17) is 0 Å². The predicted octanol–water partition coefficient (Wildman–Crippen LogP) is 1.88. The van der Waals surface area contributed by atoms with Gasteiger partial charge in [0.1, 0.15) is 4.88 Å². The average molecular weight is 311 g/mol. The number of nitrogens with zero attached hydrogens (tertiary/aromatic N) is 2. The number of hydrogen-bond acceptors (Lipinski definition) is 5. The SMILES string of the molecule is CC(C)Cc1nc(CCN2CCCNCC2)sc1C(=O)O. The maximum Gasteiger partial charge on any atom is 0.347 e. The summed E-state index contributed by atoms with van der Waals surface area (Å²) in [6, 6.07) is 0. The number of hydrogen-bond donors (Lipinski definition) is 2. The zero-order valence-corrected chi connectivity index (χ0v) is 13.7. The second-order valence-electron chi connectivity index (χ2n) is 5.98. The second-order valence-corrected chi connectivity index (χ2v) is 7.07. The van der Waals surface area contributed by atoms with Gasteiger partial charge in [0, 0.05) is 26.1 Å². The lowest BCUT2D eigenvalue weighted by Crippen LogP contribution is -2.30. The summed E-state index contributed by atoms with van der Waals surface area (Å²) in [6.07, 6.45) is 2.77. The van der Waals surface area contributed by atoms with E-state index in [-0.39, 0.29) is 0 Å². The third kappa shape index (κ3) is 5.05. The molecule has 0 spiro atoms. The van der Waals surface area contributed by atoms with Crippen LogP contribution in [0.4, 0.5) is 0 Å². The van der Waals surface area contributed by atoms with Gasteiger partial charge in [0.25, 0.3) is 0 Å². The van der Waals surface area contributed by atoms with Gasteiger partial charge in [0.15, 0.2) is 0 Å². The van der Waals surface area contributed by atoms with E-state index in [1.807, 2.05) is 0 Å². The molecule has 2 heterocycles. The van der Waals surface area contributed by atoms with Gasteiger partial charge in [0.2, 0.25) is 0 Å². The third-order valence-corrected chi connectivity index (χ3v) is 4.76. The van der Waals surface area contributed by atoms with E-state index in [0.717, 1.165) is 56.3 Å². The first-order chi connectivity index (χ1) is 10.1. The van der Waals surface area contributed by atoms with Crippen molar-refractivity contribution >= 4 is 17.3 Å². The lowest BCUT2D eigenvalue weighted by atomic mass is 10.1. The van der Waals surface area contributed by atoms with E-state index >= 15 is 0 Å². The van der Waals surface area contributed by atoms with E-state index in [1.54, 1.807) is 0 Å². The van der Waals surface area contributed by atoms with Crippen LogP contribution in [0.5, 0.6) is 0 Å².